The largest absolute Gasteiger partial charge is 0.339 e. The van der Waals surface area contributed by atoms with Crippen molar-refractivity contribution >= 4 is 17.5 Å². The lowest BCUT2D eigenvalue weighted by atomic mass is 10.2. The molecule has 7 nitrogen and oxygen atoms in total. The molecule has 0 atom stereocenters. The SMILES string of the molecule is Cc1nc2c(C)cccn2c1CC(=O)N1CCN(c2ncccn2)CC1. The lowest BCUT2D eigenvalue weighted by Crippen LogP contribution is -2.49. The number of rotatable bonds is 3. The molecule has 1 aliphatic heterocycles. The number of piperazine rings is 1. The average Bonchev–Trinajstić information content (AvgIpc) is 3.00. The van der Waals surface area contributed by atoms with E-state index in [0.717, 1.165) is 41.6 Å². The number of carbonyl (C=O) groups excluding carboxylic acids is 1. The Bertz CT molecular complexity index is 928. The molecule has 4 rings (SSSR count). The van der Waals surface area contributed by atoms with Gasteiger partial charge in [0.05, 0.1) is 17.8 Å². The first-order valence-corrected chi connectivity index (χ1v) is 8.86. The highest BCUT2D eigenvalue weighted by atomic mass is 16.2. The Hall–Kier alpha value is -2.96. The summed E-state index contributed by atoms with van der Waals surface area (Å²) in [6.45, 7) is 6.89. The fourth-order valence-electron chi connectivity index (χ4n) is 3.44. The second kappa shape index (κ2) is 6.74. The number of carbonyl (C=O) groups is 1. The van der Waals surface area contributed by atoms with Gasteiger partial charge in [0.2, 0.25) is 11.9 Å². The molecule has 3 aromatic rings. The molecule has 1 amide bonds. The summed E-state index contributed by atoms with van der Waals surface area (Å²) in [5.74, 6) is 0.873. The van der Waals surface area contributed by atoms with Crippen LogP contribution in [0.25, 0.3) is 5.65 Å². The summed E-state index contributed by atoms with van der Waals surface area (Å²) in [4.78, 5) is 30.1. The molecule has 1 fully saturated rings. The van der Waals surface area contributed by atoms with Crippen molar-refractivity contribution in [3.63, 3.8) is 0 Å². The van der Waals surface area contributed by atoms with E-state index in [4.69, 9.17) is 0 Å². The van der Waals surface area contributed by atoms with Crippen LogP contribution in [0, 0.1) is 13.8 Å². The van der Waals surface area contributed by atoms with Crippen LogP contribution in [0.15, 0.2) is 36.8 Å². The van der Waals surface area contributed by atoms with Crippen molar-refractivity contribution in [2.75, 3.05) is 31.1 Å². The maximum absolute atomic E-state index is 12.8. The first-order valence-electron chi connectivity index (χ1n) is 8.86. The first-order chi connectivity index (χ1) is 12.6. The predicted octanol–water partition coefficient (Wildman–Crippen LogP) is 1.63. The molecule has 134 valence electrons. The van der Waals surface area contributed by atoms with E-state index in [1.807, 2.05) is 47.5 Å². The van der Waals surface area contributed by atoms with Gasteiger partial charge in [0.25, 0.3) is 0 Å². The smallest absolute Gasteiger partial charge is 0.228 e. The molecular weight excluding hydrogens is 328 g/mol. The summed E-state index contributed by atoms with van der Waals surface area (Å²) in [6.07, 6.45) is 5.85. The van der Waals surface area contributed by atoms with Crippen LogP contribution in [0.1, 0.15) is 17.0 Å². The number of anilines is 1. The molecule has 0 radical (unpaired) electrons. The molecular formula is C19H22N6O. The van der Waals surface area contributed by atoms with E-state index >= 15 is 0 Å². The van der Waals surface area contributed by atoms with Crippen LogP contribution < -0.4 is 4.90 Å². The zero-order chi connectivity index (χ0) is 18.1. The normalized spacial score (nSPS) is 14.8. The number of imidazole rings is 1. The Morgan fingerprint density at radius 3 is 2.54 bits per heavy atom. The molecule has 3 aromatic heterocycles. The molecule has 0 bridgehead atoms. The number of hydrogen-bond acceptors (Lipinski definition) is 5. The molecule has 7 heteroatoms. The minimum Gasteiger partial charge on any atom is -0.339 e. The maximum Gasteiger partial charge on any atom is 0.228 e. The average molecular weight is 350 g/mol. The summed E-state index contributed by atoms with van der Waals surface area (Å²) in [7, 11) is 0. The number of hydrogen-bond donors (Lipinski definition) is 0. The van der Waals surface area contributed by atoms with Crippen molar-refractivity contribution < 1.29 is 4.79 Å². The maximum atomic E-state index is 12.8. The van der Waals surface area contributed by atoms with Crippen molar-refractivity contribution in [3.05, 3.63) is 53.7 Å². The Labute approximate surface area is 152 Å². The summed E-state index contributed by atoms with van der Waals surface area (Å²) >= 11 is 0. The zero-order valence-electron chi connectivity index (χ0n) is 15.1. The van der Waals surface area contributed by atoms with Gasteiger partial charge in [-0.05, 0) is 31.5 Å². The van der Waals surface area contributed by atoms with E-state index in [2.05, 4.69) is 19.9 Å². The fraction of sp³-hybridized carbons (Fsp3) is 0.368. The van der Waals surface area contributed by atoms with E-state index < -0.39 is 0 Å². The van der Waals surface area contributed by atoms with Crippen molar-refractivity contribution in [2.45, 2.75) is 20.3 Å². The topological polar surface area (TPSA) is 66.6 Å². The van der Waals surface area contributed by atoms with E-state index in [9.17, 15) is 4.79 Å². The first kappa shape index (κ1) is 16.5. The number of pyridine rings is 1. The number of aromatic nitrogens is 4. The van der Waals surface area contributed by atoms with Crippen LogP contribution >= 0.6 is 0 Å². The molecule has 4 heterocycles. The Morgan fingerprint density at radius 1 is 1.08 bits per heavy atom. The molecule has 0 unspecified atom stereocenters. The molecule has 0 spiro atoms. The van der Waals surface area contributed by atoms with E-state index in [1.54, 1.807) is 12.4 Å². The second-order valence-electron chi connectivity index (χ2n) is 6.62. The second-order valence-corrected chi connectivity index (χ2v) is 6.62. The molecule has 0 N–H and O–H groups in total. The van der Waals surface area contributed by atoms with Gasteiger partial charge in [-0.25, -0.2) is 15.0 Å². The summed E-state index contributed by atoms with van der Waals surface area (Å²) in [5, 5.41) is 0. The quantitative estimate of drug-likeness (QED) is 0.718. The number of amides is 1. The van der Waals surface area contributed by atoms with Crippen molar-refractivity contribution in [1.82, 2.24) is 24.3 Å². The molecule has 1 saturated heterocycles. The predicted molar refractivity (Wildman–Crippen MR) is 99.2 cm³/mol. The Balaban J connectivity index is 1.45. The number of nitrogens with zero attached hydrogens (tertiary/aromatic N) is 6. The van der Waals surface area contributed by atoms with Crippen LogP contribution in [0.4, 0.5) is 5.95 Å². The van der Waals surface area contributed by atoms with Crippen molar-refractivity contribution in [2.24, 2.45) is 0 Å². The Kier molecular flexibility index (Phi) is 4.28. The van der Waals surface area contributed by atoms with Crippen LogP contribution in [-0.2, 0) is 11.2 Å². The van der Waals surface area contributed by atoms with E-state index in [-0.39, 0.29) is 5.91 Å². The Morgan fingerprint density at radius 2 is 1.81 bits per heavy atom. The van der Waals surface area contributed by atoms with Gasteiger partial charge in [-0.1, -0.05) is 6.07 Å². The molecule has 0 aromatic carbocycles. The fourth-order valence-corrected chi connectivity index (χ4v) is 3.44. The van der Waals surface area contributed by atoms with Gasteiger partial charge in [-0.2, -0.15) is 0 Å². The van der Waals surface area contributed by atoms with Crippen molar-refractivity contribution in [3.8, 4) is 0 Å². The highest BCUT2D eigenvalue weighted by Crippen LogP contribution is 2.17. The highest BCUT2D eigenvalue weighted by Gasteiger charge is 2.24. The molecule has 1 aliphatic rings. The lowest BCUT2D eigenvalue weighted by Gasteiger charge is -2.34. The summed E-state index contributed by atoms with van der Waals surface area (Å²) in [6, 6.07) is 5.84. The minimum absolute atomic E-state index is 0.144. The van der Waals surface area contributed by atoms with E-state index in [0.29, 0.717) is 19.5 Å². The van der Waals surface area contributed by atoms with Crippen LogP contribution in [0.3, 0.4) is 0 Å². The zero-order valence-corrected chi connectivity index (χ0v) is 15.1. The molecule has 0 saturated carbocycles. The summed E-state index contributed by atoms with van der Waals surface area (Å²) in [5.41, 5.74) is 3.94. The lowest BCUT2D eigenvalue weighted by molar-refractivity contribution is -0.130. The van der Waals surface area contributed by atoms with E-state index in [1.165, 1.54) is 0 Å². The van der Waals surface area contributed by atoms with Crippen LogP contribution in [0.5, 0.6) is 0 Å². The standard InChI is InChI=1S/C19H22N6O/c1-14-5-3-8-25-16(15(2)22-18(14)25)13-17(26)23-9-11-24(12-10-23)19-20-6-4-7-21-19/h3-8H,9-13H2,1-2H3. The minimum atomic E-state index is 0.144. The monoisotopic (exact) mass is 350 g/mol. The van der Waals surface area contributed by atoms with Gasteiger partial charge in [-0.15, -0.1) is 0 Å². The van der Waals surface area contributed by atoms with Gasteiger partial charge in [0, 0.05) is 44.8 Å². The molecule has 0 aliphatic carbocycles. The number of fused-ring (bicyclic) bond motifs is 1. The van der Waals surface area contributed by atoms with Crippen molar-refractivity contribution in [1.29, 1.82) is 0 Å². The third-order valence-electron chi connectivity index (χ3n) is 4.93. The molecule has 26 heavy (non-hydrogen) atoms. The third-order valence-corrected chi connectivity index (χ3v) is 4.93. The van der Waals surface area contributed by atoms with Gasteiger partial charge < -0.3 is 14.2 Å². The van der Waals surface area contributed by atoms with Gasteiger partial charge in [0.1, 0.15) is 5.65 Å². The van der Waals surface area contributed by atoms with Crippen LogP contribution in [0.2, 0.25) is 0 Å². The highest BCUT2D eigenvalue weighted by molar-refractivity contribution is 5.79. The van der Waals surface area contributed by atoms with Gasteiger partial charge in [-0.3, -0.25) is 4.79 Å². The third kappa shape index (κ3) is 3.00. The van der Waals surface area contributed by atoms with Gasteiger partial charge >= 0.3 is 0 Å². The van der Waals surface area contributed by atoms with Crippen LogP contribution in [-0.4, -0.2) is 56.3 Å². The number of aryl methyl sites for hydroxylation is 2. The summed E-state index contributed by atoms with van der Waals surface area (Å²) < 4.78 is 2.04. The van der Waals surface area contributed by atoms with Gasteiger partial charge in [0.15, 0.2) is 0 Å².